The topological polar surface area (TPSA) is 46.9 Å². The van der Waals surface area contributed by atoms with Crippen LogP contribution in [0.5, 0.6) is 11.5 Å². The molecule has 0 aromatic heterocycles. The van der Waals surface area contributed by atoms with E-state index in [0.29, 0.717) is 0 Å². The number of rotatable bonds is 8. The summed E-state index contributed by atoms with van der Waals surface area (Å²) >= 11 is 0. The third kappa shape index (κ3) is 5.92. The summed E-state index contributed by atoms with van der Waals surface area (Å²) in [7, 11) is 0. The number of nitrogens with zero attached hydrogens (tertiary/aromatic N) is 2. The first-order valence-electron chi connectivity index (χ1n) is 15.2. The summed E-state index contributed by atoms with van der Waals surface area (Å²) < 4.78 is 0. The highest BCUT2D eigenvalue weighted by Gasteiger charge is 2.18. The van der Waals surface area contributed by atoms with Gasteiger partial charge in [0.05, 0.1) is 0 Å². The van der Waals surface area contributed by atoms with Gasteiger partial charge in [0.25, 0.3) is 0 Å². The molecule has 0 saturated heterocycles. The molecule has 0 aliphatic heterocycles. The molecule has 0 heterocycles. The molecule has 2 N–H and O–H groups in total. The minimum atomic E-state index is 0.216. The Labute approximate surface area is 269 Å². The summed E-state index contributed by atoms with van der Waals surface area (Å²) in [4.78, 5) is 4.30. The number of aromatic hydroxyl groups is 2. The van der Waals surface area contributed by atoms with E-state index in [2.05, 4.69) is 101 Å². The van der Waals surface area contributed by atoms with Crippen molar-refractivity contribution in [3.63, 3.8) is 0 Å². The van der Waals surface area contributed by atoms with Crippen molar-refractivity contribution in [1.82, 2.24) is 0 Å². The van der Waals surface area contributed by atoms with Gasteiger partial charge in [-0.25, -0.2) is 0 Å². The molecule has 0 spiro atoms. The maximum Gasteiger partial charge on any atom is 0.117 e. The molecule has 46 heavy (non-hydrogen) atoms. The van der Waals surface area contributed by atoms with Crippen molar-refractivity contribution in [3.8, 4) is 33.8 Å². The van der Waals surface area contributed by atoms with E-state index in [1.54, 1.807) is 24.3 Å². The summed E-state index contributed by atoms with van der Waals surface area (Å²) in [6.07, 6.45) is 0. The molecule has 0 fully saturated rings. The van der Waals surface area contributed by atoms with E-state index in [1.165, 1.54) is 0 Å². The van der Waals surface area contributed by atoms with Crippen molar-refractivity contribution in [2.75, 3.05) is 9.80 Å². The highest BCUT2D eigenvalue weighted by molar-refractivity contribution is 5.89. The van der Waals surface area contributed by atoms with Crippen molar-refractivity contribution < 1.29 is 10.2 Å². The molecule has 0 saturated carbocycles. The van der Waals surface area contributed by atoms with Gasteiger partial charge in [-0.1, -0.05) is 97.1 Å². The number of phenolic OH excluding ortho intramolecular Hbond substituents is 2. The van der Waals surface area contributed by atoms with Crippen LogP contribution in [0.4, 0.5) is 34.1 Å². The zero-order chi connectivity index (χ0) is 31.3. The van der Waals surface area contributed by atoms with Gasteiger partial charge in [-0.2, -0.15) is 0 Å². The van der Waals surface area contributed by atoms with E-state index >= 15 is 0 Å². The molecule has 7 aromatic carbocycles. The monoisotopic (exact) mass is 596 g/mol. The fraction of sp³-hybridized carbons (Fsp3) is 0. The Morgan fingerprint density at radius 1 is 0.283 bits per heavy atom. The van der Waals surface area contributed by atoms with Gasteiger partial charge in [-0.3, -0.25) is 0 Å². The summed E-state index contributed by atoms with van der Waals surface area (Å²) in [5, 5.41) is 20.6. The fourth-order valence-electron chi connectivity index (χ4n) is 5.88. The lowest BCUT2D eigenvalue weighted by Crippen LogP contribution is -2.10. The van der Waals surface area contributed by atoms with Gasteiger partial charge in [0.15, 0.2) is 0 Å². The fourth-order valence-corrected chi connectivity index (χ4v) is 5.88. The molecule has 4 heteroatoms. The first-order chi connectivity index (χ1) is 22.6. The molecule has 0 aliphatic carbocycles. The highest BCUT2D eigenvalue weighted by Crippen LogP contribution is 2.42. The molecular weight excluding hydrogens is 564 g/mol. The lowest BCUT2D eigenvalue weighted by atomic mass is 9.93. The average Bonchev–Trinajstić information content (AvgIpc) is 3.10. The molecule has 222 valence electrons. The molecule has 7 aromatic rings. The number of hydrogen-bond donors (Lipinski definition) is 2. The van der Waals surface area contributed by atoms with Crippen LogP contribution in [-0.2, 0) is 0 Å². The zero-order valence-corrected chi connectivity index (χ0v) is 25.1. The van der Waals surface area contributed by atoms with E-state index < -0.39 is 0 Å². The molecule has 0 bridgehead atoms. The van der Waals surface area contributed by atoms with Gasteiger partial charge < -0.3 is 20.0 Å². The smallest absolute Gasteiger partial charge is 0.117 e. The number of anilines is 6. The van der Waals surface area contributed by atoms with Gasteiger partial charge in [0.2, 0.25) is 0 Å². The first kappa shape index (κ1) is 28.5. The van der Waals surface area contributed by atoms with E-state index in [4.69, 9.17) is 0 Å². The first-order valence-corrected chi connectivity index (χ1v) is 15.2. The zero-order valence-electron chi connectivity index (χ0n) is 25.1. The predicted octanol–water partition coefficient (Wildman–Crippen LogP) is 11.4. The second-order valence-corrected chi connectivity index (χ2v) is 11.0. The maximum atomic E-state index is 10.4. The lowest BCUT2D eigenvalue weighted by molar-refractivity contribution is 0.475. The van der Waals surface area contributed by atoms with Crippen molar-refractivity contribution >= 4 is 34.1 Å². The Kier molecular flexibility index (Phi) is 7.91. The summed E-state index contributed by atoms with van der Waals surface area (Å²) in [5.41, 5.74) is 10.1. The lowest BCUT2D eigenvalue weighted by Gasteiger charge is -2.27. The standard InChI is InChI=1S/C42H32N2O2/c45-39-20-10-18-36(28-39)43(33-14-6-2-7-15-33)35-24-22-32(23-25-35)41-27-26-38(30-42(41)31-12-4-1-5-13-31)44(34-16-8-3-9-17-34)37-19-11-21-40(46)29-37/h1-30,45-46H. The number of hydrogen-bond acceptors (Lipinski definition) is 4. The van der Waals surface area contributed by atoms with Gasteiger partial charge in [-0.15, -0.1) is 0 Å². The Balaban J connectivity index is 1.34. The Bertz CT molecular complexity index is 2060. The van der Waals surface area contributed by atoms with E-state index in [-0.39, 0.29) is 11.5 Å². The molecule has 7 rings (SSSR count). The number of para-hydroxylation sites is 2. The molecule has 0 aliphatic rings. The van der Waals surface area contributed by atoms with Crippen molar-refractivity contribution in [3.05, 3.63) is 182 Å². The summed E-state index contributed by atoms with van der Waals surface area (Å²) in [6.45, 7) is 0. The van der Waals surface area contributed by atoms with E-state index in [0.717, 1.165) is 56.4 Å². The van der Waals surface area contributed by atoms with Crippen LogP contribution >= 0.6 is 0 Å². The highest BCUT2D eigenvalue weighted by atomic mass is 16.3. The van der Waals surface area contributed by atoms with Gasteiger partial charge >= 0.3 is 0 Å². The van der Waals surface area contributed by atoms with E-state index in [1.807, 2.05) is 66.7 Å². The normalized spacial score (nSPS) is 10.8. The second kappa shape index (κ2) is 12.8. The quantitative estimate of drug-likeness (QED) is 0.183. The minimum Gasteiger partial charge on any atom is -0.508 e. The van der Waals surface area contributed by atoms with Crippen LogP contribution in [0.15, 0.2) is 182 Å². The van der Waals surface area contributed by atoms with Crippen LogP contribution in [0.1, 0.15) is 0 Å². The Morgan fingerprint density at radius 3 is 1.20 bits per heavy atom. The van der Waals surface area contributed by atoms with Crippen LogP contribution in [0.3, 0.4) is 0 Å². The molecular formula is C42H32N2O2. The van der Waals surface area contributed by atoms with Crippen molar-refractivity contribution in [2.45, 2.75) is 0 Å². The molecule has 0 amide bonds. The summed E-state index contributed by atoms with van der Waals surface area (Å²) in [5.74, 6) is 0.437. The SMILES string of the molecule is Oc1cccc(N(c2ccccc2)c2ccc(-c3ccc(N(c4ccccc4)c4cccc(O)c4)cc3-c3ccccc3)cc2)c1. The van der Waals surface area contributed by atoms with E-state index in [9.17, 15) is 10.2 Å². The molecule has 0 unspecified atom stereocenters. The maximum absolute atomic E-state index is 10.4. The van der Waals surface area contributed by atoms with Gasteiger partial charge in [0.1, 0.15) is 11.5 Å². The van der Waals surface area contributed by atoms with Crippen LogP contribution in [-0.4, -0.2) is 10.2 Å². The van der Waals surface area contributed by atoms with Gasteiger partial charge in [0, 0.05) is 46.3 Å². The van der Waals surface area contributed by atoms with Crippen molar-refractivity contribution in [1.29, 1.82) is 0 Å². The van der Waals surface area contributed by atoms with Crippen LogP contribution in [0.25, 0.3) is 22.3 Å². The minimum absolute atomic E-state index is 0.216. The Hall–Kier alpha value is -6.26. The molecule has 0 radical (unpaired) electrons. The molecule has 0 atom stereocenters. The summed E-state index contributed by atoms with van der Waals surface area (Å²) in [6, 6.07) is 60.5. The average molecular weight is 597 g/mol. The van der Waals surface area contributed by atoms with Crippen LogP contribution in [0.2, 0.25) is 0 Å². The third-order valence-corrected chi connectivity index (χ3v) is 7.99. The number of benzene rings is 7. The predicted molar refractivity (Wildman–Crippen MR) is 190 cm³/mol. The van der Waals surface area contributed by atoms with Crippen molar-refractivity contribution in [2.24, 2.45) is 0 Å². The van der Waals surface area contributed by atoms with Gasteiger partial charge in [-0.05, 0) is 95.1 Å². The third-order valence-electron chi connectivity index (χ3n) is 7.99. The number of phenols is 2. The second-order valence-electron chi connectivity index (χ2n) is 11.0. The Morgan fingerprint density at radius 2 is 0.674 bits per heavy atom. The molecule has 4 nitrogen and oxygen atoms in total. The largest absolute Gasteiger partial charge is 0.508 e. The van der Waals surface area contributed by atoms with Crippen LogP contribution in [0, 0.1) is 0 Å². The van der Waals surface area contributed by atoms with Crippen LogP contribution < -0.4 is 9.80 Å².